The average Bonchev–Trinajstić information content (AvgIpc) is 3.39. The number of primary amides is 1. The van der Waals surface area contributed by atoms with Gasteiger partial charge in [0.15, 0.2) is 6.61 Å². The third-order valence-electron chi connectivity index (χ3n) is 7.90. The van der Waals surface area contributed by atoms with Crippen molar-refractivity contribution in [3.05, 3.63) is 62.8 Å². The second kappa shape index (κ2) is 12.6. The zero-order valence-corrected chi connectivity index (χ0v) is 26.1. The van der Waals surface area contributed by atoms with E-state index in [1.165, 1.54) is 40.8 Å². The van der Waals surface area contributed by atoms with E-state index in [1.54, 1.807) is 17.0 Å². The number of nitrogens with one attached hydrogen (secondary N) is 1. The summed E-state index contributed by atoms with van der Waals surface area (Å²) in [6.07, 6.45) is 2.85. The molecule has 6 rings (SSSR count). The van der Waals surface area contributed by atoms with Crippen molar-refractivity contribution in [2.75, 3.05) is 56.2 Å². The van der Waals surface area contributed by atoms with Gasteiger partial charge in [-0.3, -0.25) is 24.1 Å². The van der Waals surface area contributed by atoms with Gasteiger partial charge in [-0.15, -0.1) is 0 Å². The molecular formula is C30H29Cl2N7O7. The van der Waals surface area contributed by atoms with E-state index in [0.29, 0.717) is 48.9 Å². The SMILES string of the molecule is Cn1cnc2c(c(-c3cc(Cl)c(O)c(C(N)=O)c3)cn2CC(=O)Nc2cc3c(cc2Cl)OCC(=O)N3CCN2CCOCC2)c1=O. The zero-order valence-electron chi connectivity index (χ0n) is 24.6. The maximum Gasteiger partial charge on any atom is 0.265 e. The lowest BCUT2D eigenvalue weighted by Crippen LogP contribution is -2.46. The smallest absolute Gasteiger partial charge is 0.265 e. The van der Waals surface area contributed by atoms with Crippen molar-refractivity contribution in [2.45, 2.75) is 6.54 Å². The van der Waals surface area contributed by atoms with Crippen molar-refractivity contribution < 1.29 is 29.0 Å². The molecule has 0 spiro atoms. The first-order valence-corrected chi connectivity index (χ1v) is 15.0. The molecule has 240 valence electrons. The Balaban J connectivity index is 1.30. The number of halogens is 2. The number of phenols is 1. The Morgan fingerprint density at radius 1 is 1.09 bits per heavy atom. The topological polar surface area (TPSA) is 174 Å². The fourth-order valence-electron chi connectivity index (χ4n) is 5.52. The number of aromatic nitrogens is 3. The van der Waals surface area contributed by atoms with Gasteiger partial charge in [-0.2, -0.15) is 0 Å². The van der Waals surface area contributed by atoms with Gasteiger partial charge in [0.2, 0.25) is 5.91 Å². The number of rotatable bonds is 8. The van der Waals surface area contributed by atoms with Crippen molar-refractivity contribution in [3.63, 3.8) is 0 Å². The predicted molar refractivity (Wildman–Crippen MR) is 171 cm³/mol. The summed E-state index contributed by atoms with van der Waals surface area (Å²) in [5, 5.41) is 13.2. The number of carbonyl (C=O) groups is 3. The minimum Gasteiger partial charge on any atom is -0.506 e. The molecule has 2 aliphatic heterocycles. The Kier molecular flexibility index (Phi) is 8.61. The van der Waals surface area contributed by atoms with Crippen molar-refractivity contribution >= 4 is 63.3 Å². The lowest BCUT2D eigenvalue weighted by Gasteiger charge is -2.33. The molecule has 2 aromatic carbocycles. The maximum atomic E-state index is 13.4. The molecule has 0 unspecified atom stereocenters. The van der Waals surface area contributed by atoms with Gasteiger partial charge >= 0.3 is 0 Å². The Morgan fingerprint density at radius 3 is 2.59 bits per heavy atom. The molecule has 16 heteroatoms. The number of nitrogens with zero attached hydrogens (tertiary/aromatic N) is 5. The molecule has 14 nitrogen and oxygen atoms in total. The summed E-state index contributed by atoms with van der Waals surface area (Å²) in [6, 6.07) is 5.86. The molecule has 1 saturated heterocycles. The average molecular weight is 671 g/mol. The van der Waals surface area contributed by atoms with Crippen molar-refractivity contribution in [1.82, 2.24) is 19.0 Å². The van der Waals surface area contributed by atoms with Crippen LogP contribution in [0, 0.1) is 0 Å². The molecule has 0 aliphatic carbocycles. The fourth-order valence-corrected chi connectivity index (χ4v) is 5.94. The summed E-state index contributed by atoms with van der Waals surface area (Å²) >= 11 is 12.7. The lowest BCUT2D eigenvalue weighted by molar-refractivity contribution is -0.121. The fraction of sp³-hybridized carbons (Fsp3) is 0.300. The highest BCUT2D eigenvalue weighted by molar-refractivity contribution is 6.34. The molecule has 1 fully saturated rings. The van der Waals surface area contributed by atoms with E-state index in [9.17, 15) is 24.3 Å². The maximum absolute atomic E-state index is 13.4. The Hall–Kier alpha value is -4.63. The molecule has 4 aromatic rings. The molecule has 0 bridgehead atoms. The van der Waals surface area contributed by atoms with Crippen molar-refractivity contribution in [2.24, 2.45) is 12.8 Å². The number of morpholine rings is 1. The number of carbonyl (C=O) groups excluding carboxylic acids is 3. The quantitative estimate of drug-likeness (QED) is 0.254. The van der Waals surface area contributed by atoms with E-state index in [0.717, 1.165) is 13.1 Å². The molecular weight excluding hydrogens is 641 g/mol. The van der Waals surface area contributed by atoms with Gasteiger partial charge in [-0.1, -0.05) is 23.2 Å². The summed E-state index contributed by atoms with van der Waals surface area (Å²) in [5.41, 5.74) is 6.35. The van der Waals surface area contributed by atoms with E-state index in [4.69, 9.17) is 38.4 Å². The third kappa shape index (κ3) is 5.99. The number of amides is 3. The number of nitrogens with two attached hydrogens (primary N) is 1. The van der Waals surface area contributed by atoms with E-state index < -0.39 is 23.1 Å². The highest BCUT2D eigenvalue weighted by Crippen LogP contribution is 2.40. The molecule has 46 heavy (non-hydrogen) atoms. The van der Waals surface area contributed by atoms with Crippen LogP contribution in [0.1, 0.15) is 10.4 Å². The molecule has 2 aliphatic rings. The highest BCUT2D eigenvalue weighted by atomic mass is 35.5. The summed E-state index contributed by atoms with van der Waals surface area (Å²) in [7, 11) is 1.53. The van der Waals surface area contributed by atoms with Gasteiger partial charge < -0.3 is 39.7 Å². The monoisotopic (exact) mass is 669 g/mol. The minimum absolute atomic E-state index is 0.124. The molecule has 0 radical (unpaired) electrons. The molecule has 3 amide bonds. The summed E-state index contributed by atoms with van der Waals surface area (Å²) in [5.74, 6) is -1.69. The third-order valence-corrected chi connectivity index (χ3v) is 8.50. The largest absolute Gasteiger partial charge is 0.506 e. The van der Waals surface area contributed by atoms with Gasteiger partial charge in [-0.05, 0) is 23.8 Å². The Morgan fingerprint density at radius 2 is 1.85 bits per heavy atom. The van der Waals surface area contributed by atoms with E-state index in [1.807, 2.05) is 0 Å². The standard InChI is InChI=1S/C30H29Cl2N7O7/c1-36-15-34-29-26(30(36)44)18(16-8-17(28(33)43)27(42)20(32)9-16)12-38(29)13-24(40)35-21-11-22-23(10-19(21)31)46-14-25(41)39(22)3-2-37-4-6-45-7-5-37/h8-12,15,42H,2-7,13-14H2,1H3,(H2,33,43)(H,35,40). The number of hydrogen-bond donors (Lipinski definition) is 3. The normalized spacial score (nSPS) is 15.1. The summed E-state index contributed by atoms with van der Waals surface area (Å²) in [4.78, 5) is 59.6. The van der Waals surface area contributed by atoms with E-state index in [-0.39, 0.29) is 51.4 Å². The number of aromatic hydroxyl groups is 1. The number of hydrogen-bond acceptors (Lipinski definition) is 9. The highest BCUT2D eigenvalue weighted by Gasteiger charge is 2.28. The van der Waals surface area contributed by atoms with Crippen LogP contribution in [0.5, 0.6) is 11.5 Å². The van der Waals surface area contributed by atoms with Crippen LogP contribution in [0.15, 0.2) is 41.6 Å². The number of benzene rings is 2. The number of anilines is 2. The first-order chi connectivity index (χ1) is 22.0. The van der Waals surface area contributed by atoms with Gasteiger partial charge in [0.1, 0.15) is 23.7 Å². The first kappa shape index (κ1) is 31.4. The van der Waals surface area contributed by atoms with Gasteiger partial charge in [0.25, 0.3) is 17.4 Å². The second-order valence-corrected chi connectivity index (χ2v) is 11.7. The number of aryl methyl sites for hydroxylation is 1. The zero-order chi connectivity index (χ0) is 32.7. The lowest BCUT2D eigenvalue weighted by atomic mass is 10.0. The van der Waals surface area contributed by atoms with E-state index in [2.05, 4.69) is 15.2 Å². The van der Waals surface area contributed by atoms with Crippen LogP contribution in [0.25, 0.3) is 22.2 Å². The van der Waals surface area contributed by atoms with Crippen LogP contribution in [0.2, 0.25) is 10.0 Å². The van der Waals surface area contributed by atoms with Gasteiger partial charge in [0.05, 0.1) is 51.9 Å². The van der Waals surface area contributed by atoms with Crippen molar-refractivity contribution in [3.8, 4) is 22.6 Å². The second-order valence-electron chi connectivity index (χ2n) is 10.9. The van der Waals surface area contributed by atoms with Gasteiger partial charge in [0, 0.05) is 51.1 Å². The molecule has 2 aromatic heterocycles. The molecule has 4 N–H and O–H groups in total. The number of fused-ring (bicyclic) bond motifs is 2. The molecule has 0 saturated carbocycles. The van der Waals surface area contributed by atoms with Crippen LogP contribution in [-0.4, -0.2) is 87.8 Å². The molecule has 4 heterocycles. The van der Waals surface area contributed by atoms with Gasteiger partial charge in [-0.25, -0.2) is 4.98 Å². The van der Waals surface area contributed by atoms with Crippen LogP contribution in [0.4, 0.5) is 11.4 Å². The van der Waals surface area contributed by atoms with Crippen molar-refractivity contribution in [1.29, 1.82) is 0 Å². The Bertz CT molecular complexity index is 1950. The van der Waals surface area contributed by atoms with Crippen LogP contribution < -0.4 is 26.2 Å². The molecule has 0 atom stereocenters. The van der Waals surface area contributed by atoms with E-state index >= 15 is 0 Å². The summed E-state index contributed by atoms with van der Waals surface area (Å²) in [6.45, 7) is 3.47. The Labute approximate surface area is 271 Å². The summed E-state index contributed by atoms with van der Waals surface area (Å²) < 4.78 is 13.8. The van der Waals surface area contributed by atoms with Crippen LogP contribution in [-0.2, 0) is 27.9 Å². The van der Waals surface area contributed by atoms with Crippen LogP contribution in [0.3, 0.4) is 0 Å². The predicted octanol–water partition coefficient (Wildman–Crippen LogP) is 2.21. The van der Waals surface area contributed by atoms with Crippen LogP contribution >= 0.6 is 23.2 Å². The number of ether oxygens (including phenoxy) is 2. The first-order valence-electron chi connectivity index (χ1n) is 14.3. The minimum atomic E-state index is -0.913.